The molecule has 0 bridgehead atoms. The highest BCUT2D eigenvalue weighted by Crippen LogP contribution is 2.57. The summed E-state index contributed by atoms with van der Waals surface area (Å²) in [4.78, 5) is 18.2. The predicted octanol–water partition coefficient (Wildman–Crippen LogP) is 4.58. The van der Waals surface area contributed by atoms with Crippen LogP contribution in [0.1, 0.15) is 53.2 Å². The van der Waals surface area contributed by atoms with E-state index in [0.717, 1.165) is 52.2 Å². The zero-order valence-electron chi connectivity index (χ0n) is 17.9. The number of aromatic nitrogens is 5. The molecule has 0 amide bonds. The number of halogens is 1. The van der Waals surface area contributed by atoms with E-state index in [1.807, 2.05) is 13.0 Å². The van der Waals surface area contributed by atoms with E-state index in [9.17, 15) is 4.39 Å². The Morgan fingerprint density at radius 2 is 1.97 bits per heavy atom. The van der Waals surface area contributed by atoms with Crippen LogP contribution in [0.25, 0.3) is 11.3 Å². The highest BCUT2D eigenvalue weighted by Gasteiger charge is 2.54. The second-order valence-corrected chi connectivity index (χ2v) is 8.88. The second kappa shape index (κ2) is 7.02. The van der Waals surface area contributed by atoms with E-state index < -0.39 is 5.41 Å². The van der Waals surface area contributed by atoms with Crippen LogP contribution in [0.15, 0.2) is 53.7 Å². The van der Waals surface area contributed by atoms with Crippen molar-refractivity contribution in [2.75, 3.05) is 0 Å². The first-order valence-corrected chi connectivity index (χ1v) is 10.9. The molecule has 0 aliphatic heterocycles. The summed E-state index contributed by atoms with van der Waals surface area (Å²) in [6.45, 7) is 4.10. The van der Waals surface area contributed by atoms with Crippen LogP contribution in [0, 0.1) is 18.7 Å². The molecule has 0 unspecified atom stereocenters. The SMILES string of the molecule is Cc1nc(-c2cncnc2)c2c(n1)[C@@]1(c3cccc(F)c3)Cc3cnoc3[C@@H](C)[C@@H]1CC2. The quantitative estimate of drug-likeness (QED) is 0.466. The van der Waals surface area contributed by atoms with Crippen molar-refractivity contribution in [1.82, 2.24) is 25.1 Å². The summed E-state index contributed by atoms with van der Waals surface area (Å²) in [6.07, 6.45) is 9.31. The van der Waals surface area contributed by atoms with Gasteiger partial charge in [0.2, 0.25) is 0 Å². The largest absolute Gasteiger partial charge is 0.361 e. The van der Waals surface area contributed by atoms with E-state index in [2.05, 4.69) is 22.0 Å². The Balaban J connectivity index is 1.68. The van der Waals surface area contributed by atoms with E-state index in [1.54, 1.807) is 30.7 Å². The lowest BCUT2D eigenvalue weighted by molar-refractivity contribution is 0.188. The summed E-state index contributed by atoms with van der Waals surface area (Å²) >= 11 is 0. The molecule has 0 radical (unpaired) electrons. The minimum atomic E-state index is -0.494. The molecule has 7 heteroatoms. The van der Waals surface area contributed by atoms with Crippen LogP contribution in [0.4, 0.5) is 4.39 Å². The number of nitrogens with zero attached hydrogens (tertiary/aromatic N) is 5. The van der Waals surface area contributed by atoms with Gasteiger partial charge in [0, 0.05) is 40.4 Å². The third-order valence-electron chi connectivity index (χ3n) is 7.22. The molecule has 3 aromatic heterocycles. The standard InChI is InChI=1S/C25H22FN5O/c1-14-21-7-6-20-22(17-10-27-13-28-11-17)30-15(2)31-24(20)25(21,9-16-12-29-32-23(14)16)18-4-3-5-19(26)8-18/h3-5,8,10-14,21H,6-7,9H2,1-2H3/t14-,21-,25+/m0/s1. The zero-order valence-corrected chi connectivity index (χ0v) is 17.9. The summed E-state index contributed by atoms with van der Waals surface area (Å²) in [7, 11) is 0. The maximum Gasteiger partial charge on any atom is 0.143 e. The Bertz CT molecular complexity index is 1320. The van der Waals surface area contributed by atoms with Crippen molar-refractivity contribution in [3.63, 3.8) is 0 Å². The first kappa shape index (κ1) is 19.2. The summed E-state index contributed by atoms with van der Waals surface area (Å²) < 4.78 is 20.2. The first-order valence-electron chi connectivity index (χ1n) is 10.9. The van der Waals surface area contributed by atoms with Gasteiger partial charge in [0.25, 0.3) is 0 Å². The Morgan fingerprint density at radius 3 is 2.78 bits per heavy atom. The number of hydrogen-bond acceptors (Lipinski definition) is 6. The summed E-state index contributed by atoms with van der Waals surface area (Å²) in [5.74, 6) is 1.72. The minimum absolute atomic E-state index is 0.136. The minimum Gasteiger partial charge on any atom is -0.361 e. The van der Waals surface area contributed by atoms with E-state index in [1.165, 1.54) is 12.4 Å². The van der Waals surface area contributed by atoms with Crippen LogP contribution in [-0.4, -0.2) is 25.1 Å². The Morgan fingerprint density at radius 1 is 1.12 bits per heavy atom. The highest BCUT2D eigenvalue weighted by molar-refractivity contribution is 5.65. The molecule has 3 atom stereocenters. The average Bonchev–Trinajstić information content (AvgIpc) is 3.28. The molecule has 0 saturated carbocycles. The van der Waals surface area contributed by atoms with Gasteiger partial charge in [0.05, 0.1) is 17.6 Å². The molecule has 3 heterocycles. The molecule has 0 spiro atoms. The molecule has 4 aromatic rings. The number of fused-ring (bicyclic) bond motifs is 4. The van der Waals surface area contributed by atoms with Gasteiger partial charge in [0.1, 0.15) is 23.7 Å². The van der Waals surface area contributed by atoms with Gasteiger partial charge >= 0.3 is 0 Å². The van der Waals surface area contributed by atoms with Gasteiger partial charge in [-0.25, -0.2) is 24.3 Å². The van der Waals surface area contributed by atoms with Gasteiger partial charge in [0.15, 0.2) is 0 Å². The topological polar surface area (TPSA) is 77.6 Å². The number of hydrogen-bond donors (Lipinski definition) is 0. The Kier molecular flexibility index (Phi) is 4.22. The number of rotatable bonds is 2. The second-order valence-electron chi connectivity index (χ2n) is 8.88. The molecular weight excluding hydrogens is 405 g/mol. The van der Waals surface area contributed by atoms with Gasteiger partial charge < -0.3 is 4.52 Å². The lowest BCUT2D eigenvalue weighted by Crippen LogP contribution is -2.48. The van der Waals surface area contributed by atoms with E-state index in [4.69, 9.17) is 14.5 Å². The van der Waals surface area contributed by atoms with Gasteiger partial charge in [-0.15, -0.1) is 0 Å². The van der Waals surface area contributed by atoms with Crippen molar-refractivity contribution >= 4 is 0 Å². The van der Waals surface area contributed by atoms with Crippen molar-refractivity contribution in [1.29, 1.82) is 0 Å². The van der Waals surface area contributed by atoms with Crippen LogP contribution in [-0.2, 0) is 18.3 Å². The molecule has 2 aliphatic rings. The third-order valence-corrected chi connectivity index (χ3v) is 7.22. The fourth-order valence-corrected chi connectivity index (χ4v) is 5.95. The van der Waals surface area contributed by atoms with Crippen molar-refractivity contribution in [3.8, 4) is 11.3 Å². The van der Waals surface area contributed by atoms with E-state index >= 15 is 0 Å². The maximum absolute atomic E-state index is 14.5. The molecule has 0 N–H and O–H groups in total. The lowest BCUT2D eigenvalue weighted by atomic mass is 9.53. The molecular formula is C25H22FN5O. The van der Waals surface area contributed by atoms with Gasteiger partial charge in [-0.05, 0) is 49.8 Å². The molecule has 160 valence electrons. The lowest BCUT2D eigenvalue weighted by Gasteiger charge is -2.50. The maximum atomic E-state index is 14.5. The fourth-order valence-electron chi connectivity index (χ4n) is 5.95. The molecule has 1 aromatic carbocycles. The van der Waals surface area contributed by atoms with Crippen LogP contribution in [0.2, 0.25) is 0 Å². The van der Waals surface area contributed by atoms with Crippen molar-refractivity contribution in [2.24, 2.45) is 5.92 Å². The van der Waals surface area contributed by atoms with Crippen LogP contribution in [0.3, 0.4) is 0 Å². The molecule has 6 nitrogen and oxygen atoms in total. The Hall–Kier alpha value is -3.48. The normalized spacial score (nSPS) is 23.8. The van der Waals surface area contributed by atoms with Crippen LogP contribution in [0.5, 0.6) is 0 Å². The van der Waals surface area contributed by atoms with Gasteiger partial charge in [-0.1, -0.05) is 24.2 Å². The zero-order chi connectivity index (χ0) is 21.9. The molecule has 0 fully saturated rings. The van der Waals surface area contributed by atoms with Gasteiger partial charge in [-0.2, -0.15) is 0 Å². The Labute approximate surface area is 185 Å². The predicted molar refractivity (Wildman–Crippen MR) is 115 cm³/mol. The van der Waals surface area contributed by atoms with E-state index in [-0.39, 0.29) is 17.7 Å². The fraction of sp³-hybridized carbons (Fsp3) is 0.320. The van der Waals surface area contributed by atoms with Crippen molar-refractivity contribution in [3.05, 3.63) is 89.0 Å². The average molecular weight is 427 g/mol. The molecule has 0 saturated heterocycles. The smallest absolute Gasteiger partial charge is 0.143 e. The van der Waals surface area contributed by atoms with Crippen LogP contribution >= 0.6 is 0 Å². The van der Waals surface area contributed by atoms with Crippen LogP contribution < -0.4 is 0 Å². The summed E-state index contributed by atoms with van der Waals surface area (Å²) in [6, 6.07) is 6.97. The number of benzene rings is 1. The number of aryl methyl sites for hydroxylation is 1. The molecule has 32 heavy (non-hydrogen) atoms. The van der Waals surface area contributed by atoms with Crippen molar-refractivity contribution in [2.45, 2.75) is 44.4 Å². The monoisotopic (exact) mass is 427 g/mol. The summed E-state index contributed by atoms with van der Waals surface area (Å²) in [5.41, 5.74) is 5.32. The highest BCUT2D eigenvalue weighted by atomic mass is 19.1. The van der Waals surface area contributed by atoms with Gasteiger partial charge in [-0.3, -0.25) is 0 Å². The van der Waals surface area contributed by atoms with Crippen molar-refractivity contribution < 1.29 is 8.91 Å². The molecule has 2 aliphatic carbocycles. The van der Waals surface area contributed by atoms with E-state index in [0.29, 0.717) is 12.2 Å². The molecule has 6 rings (SSSR count). The first-order chi connectivity index (χ1) is 15.6. The summed E-state index contributed by atoms with van der Waals surface area (Å²) in [5, 5.41) is 4.09. The third kappa shape index (κ3) is 2.66.